The Morgan fingerprint density at radius 1 is 1.41 bits per heavy atom. The zero-order valence-electron chi connectivity index (χ0n) is 16.1. The summed E-state index contributed by atoms with van der Waals surface area (Å²) in [6.07, 6.45) is 4.02. The van der Waals surface area contributed by atoms with Crippen molar-refractivity contribution in [2.45, 2.75) is 51.7 Å². The molecule has 2 rings (SSSR count). The summed E-state index contributed by atoms with van der Waals surface area (Å²) in [5, 5.41) is 27.4. The van der Waals surface area contributed by atoms with Gasteiger partial charge in [0, 0.05) is 24.7 Å². The van der Waals surface area contributed by atoms with Gasteiger partial charge >= 0.3 is 0 Å². The summed E-state index contributed by atoms with van der Waals surface area (Å²) < 4.78 is 5.48. The summed E-state index contributed by atoms with van der Waals surface area (Å²) in [6, 6.07) is 6.20. The van der Waals surface area contributed by atoms with Crippen molar-refractivity contribution >= 4 is 11.6 Å². The minimum atomic E-state index is -0.763. The summed E-state index contributed by atoms with van der Waals surface area (Å²) in [5.74, 6) is 1.91. The van der Waals surface area contributed by atoms with Crippen LogP contribution in [0.15, 0.2) is 29.3 Å². The van der Waals surface area contributed by atoms with Gasteiger partial charge in [-0.3, -0.25) is 15.1 Å². The van der Waals surface area contributed by atoms with E-state index in [1.54, 1.807) is 0 Å². The number of aliphatic hydroxyl groups excluding tert-OH is 1. The number of nitro benzene ring substituents is 1. The van der Waals surface area contributed by atoms with Crippen LogP contribution in [0.25, 0.3) is 0 Å². The standard InChI is InChI=1S/C19H30N4O4/c1-3-20-19(22-15-6-4-5-14(2)11-15)21-12-17(24)13-27-18-9-7-16(8-10-18)23(25)26/h7-10,14-15,17,24H,3-6,11-13H2,1-2H3,(H2,20,21,22). The number of benzene rings is 1. The van der Waals surface area contributed by atoms with Crippen molar-refractivity contribution in [2.75, 3.05) is 19.7 Å². The van der Waals surface area contributed by atoms with Gasteiger partial charge in [-0.05, 0) is 37.8 Å². The summed E-state index contributed by atoms with van der Waals surface area (Å²) in [5.41, 5.74) is 0.00545. The molecular formula is C19H30N4O4. The molecule has 8 heteroatoms. The fourth-order valence-electron chi connectivity index (χ4n) is 3.18. The van der Waals surface area contributed by atoms with Gasteiger partial charge < -0.3 is 20.5 Å². The minimum Gasteiger partial charge on any atom is -0.491 e. The van der Waals surface area contributed by atoms with Crippen LogP contribution in [0, 0.1) is 16.0 Å². The van der Waals surface area contributed by atoms with Crippen LogP contribution < -0.4 is 15.4 Å². The predicted octanol–water partition coefficient (Wildman–Crippen LogP) is 2.47. The average Bonchev–Trinajstić information content (AvgIpc) is 2.65. The Morgan fingerprint density at radius 2 is 2.15 bits per heavy atom. The molecule has 0 saturated heterocycles. The van der Waals surface area contributed by atoms with Gasteiger partial charge in [0.15, 0.2) is 5.96 Å². The second-order valence-corrected chi connectivity index (χ2v) is 7.05. The van der Waals surface area contributed by atoms with Crippen molar-refractivity contribution in [1.82, 2.24) is 10.6 Å². The topological polar surface area (TPSA) is 109 Å². The Bertz CT molecular complexity index is 621. The first-order chi connectivity index (χ1) is 13.0. The smallest absolute Gasteiger partial charge is 0.269 e. The number of non-ortho nitro benzene ring substituents is 1. The van der Waals surface area contributed by atoms with Gasteiger partial charge in [0.25, 0.3) is 5.69 Å². The van der Waals surface area contributed by atoms with E-state index in [1.165, 1.54) is 37.1 Å². The fraction of sp³-hybridized carbons (Fsp3) is 0.632. The highest BCUT2D eigenvalue weighted by molar-refractivity contribution is 5.80. The van der Waals surface area contributed by atoms with Crippen LogP contribution in [0.5, 0.6) is 5.75 Å². The third-order valence-electron chi connectivity index (χ3n) is 4.57. The number of aliphatic imine (C=N–C) groups is 1. The molecule has 0 aliphatic heterocycles. The first-order valence-electron chi connectivity index (χ1n) is 9.58. The quantitative estimate of drug-likeness (QED) is 0.277. The maximum absolute atomic E-state index is 10.6. The molecule has 1 aliphatic rings. The molecule has 1 fully saturated rings. The second kappa shape index (κ2) is 10.7. The van der Waals surface area contributed by atoms with Crippen LogP contribution in [-0.4, -0.2) is 47.8 Å². The number of hydrogen-bond acceptors (Lipinski definition) is 5. The summed E-state index contributed by atoms with van der Waals surface area (Å²) in [6.45, 7) is 5.32. The second-order valence-electron chi connectivity index (χ2n) is 7.05. The van der Waals surface area contributed by atoms with Crippen molar-refractivity contribution in [3.05, 3.63) is 34.4 Å². The normalized spacial score (nSPS) is 21.4. The van der Waals surface area contributed by atoms with Crippen LogP contribution >= 0.6 is 0 Å². The number of nitro groups is 1. The molecule has 0 radical (unpaired) electrons. The summed E-state index contributed by atoms with van der Waals surface area (Å²) in [4.78, 5) is 14.6. The van der Waals surface area contributed by atoms with E-state index in [0.29, 0.717) is 17.8 Å². The number of aliphatic hydroxyl groups is 1. The third-order valence-corrected chi connectivity index (χ3v) is 4.57. The Balaban J connectivity index is 1.80. The van der Waals surface area contributed by atoms with Gasteiger partial charge in [-0.15, -0.1) is 0 Å². The molecule has 0 amide bonds. The van der Waals surface area contributed by atoms with Crippen LogP contribution in [0.1, 0.15) is 39.5 Å². The minimum absolute atomic E-state index is 0.00545. The van der Waals surface area contributed by atoms with E-state index in [4.69, 9.17) is 4.74 Å². The van der Waals surface area contributed by atoms with E-state index in [-0.39, 0.29) is 18.8 Å². The van der Waals surface area contributed by atoms with Crippen LogP contribution in [0.4, 0.5) is 5.69 Å². The van der Waals surface area contributed by atoms with Gasteiger partial charge in [0.1, 0.15) is 18.5 Å². The maximum atomic E-state index is 10.6. The number of hydrogen-bond donors (Lipinski definition) is 3. The molecular weight excluding hydrogens is 348 g/mol. The lowest BCUT2D eigenvalue weighted by atomic mass is 9.87. The molecule has 8 nitrogen and oxygen atoms in total. The first kappa shape index (κ1) is 21.0. The van der Waals surface area contributed by atoms with Crippen molar-refractivity contribution in [2.24, 2.45) is 10.9 Å². The van der Waals surface area contributed by atoms with E-state index in [2.05, 4.69) is 22.5 Å². The van der Waals surface area contributed by atoms with E-state index < -0.39 is 11.0 Å². The van der Waals surface area contributed by atoms with Crippen molar-refractivity contribution in [3.8, 4) is 5.75 Å². The van der Waals surface area contributed by atoms with E-state index in [0.717, 1.165) is 25.3 Å². The lowest BCUT2D eigenvalue weighted by molar-refractivity contribution is -0.384. The Morgan fingerprint density at radius 3 is 2.78 bits per heavy atom. The van der Waals surface area contributed by atoms with Crippen molar-refractivity contribution in [3.63, 3.8) is 0 Å². The van der Waals surface area contributed by atoms with Gasteiger partial charge in [0.2, 0.25) is 0 Å². The summed E-state index contributed by atoms with van der Waals surface area (Å²) >= 11 is 0. The highest BCUT2D eigenvalue weighted by atomic mass is 16.6. The largest absolute Gasteiger partial charge is 0.491 e. The number of guanidine groups is 1. The SMILES string of the molecule is CCNC(=NCC(O)COc1ccc([N+](=O)[O-])cc1)NC1CCCC(C)C1. The third kappa shape index (κ3) is 7.42. The number of nitrogens with one attached hydrogen (secondary N) is 2. The first-order valence-corrected chi connectivity index (χ1v) is 9.58. The molecule has 1 aromatic rings. The molecule has 3 atom stereocenters. The highest BCUT2D eigenvalue weighted by Gasteiger charge is 2.19. The van der Waals surface area contributed by atoms with Gasteiger partial charge in [-0.2, -0.15) is 0 Å². The zero-order valence-corrected chi connectivity index (χ0v) is 16.1. The van der Waals surface area contributed by atoms with E-state index >= 15 is 0 Å². The predicted molar refractivity (Wildman–Crippen MR) is 105 cm³/mol. The molecule has 3 N–H and O–H groups in total. The average molecular weight is 378 g/mol. The molecule has 0 spiro atoms. The fourth-order valence-corrected chi connectivity index (χ4v) is 3.18. The van der Waals surface area contributed by atoms with Gasteiger partial charge in [-0.1, -0.05) is 19.8 Å². The Kier molecular flexibility index (Phi) is 8.32. The monoisotopic (exact) mass is 378 g/mol. The van der Waals surface area contributed by atoms with Crippen molar-refractivity contribution < 1.29 is 14.8 Å². The molecule has 1 saturated carbocycles. The molecule has 27 heavy (non-hydrogen) atoms. The molecule has 1 aliphatic carbocycles. The van der Waals surface area contributed by atoms with Gasteiger partial charge in [0.05, 0.1) is 11.5 Å². The van der Waals surface area contributed by atoms with E-state index in [9.17, 15) is 15.2 Å². The molecule has 0 bridgehead atoms. The van der Waals surface area contributed by atoms with Crippen LogP contribution in [0.2, 0.25) is 0 Å². The maximum Gasteiger partial charge on any atom is 0.269 e. The Hall–Kier alpha value is -2.35. The summed E-state index contributed by atoms with van der Waals surface area (Å²) in [7, 11) is 0. The Labute approximate surface area is 160 Å². The van der Waals surface area contributed by atoms with Crippen molar-refractivity contribution in [1.29, 1.82) is 0 Å². The number of rotatable bonds is 8. The van der Waals surface area contributed by atoms with E-state index in [1.807, 2.05) is 6.92 Å². The van der Waals surface area contributed by atoms with Crippen LogP contribution in [-0.2, 0) is 0 Å². The molecule has 150 valence electrons. The van der Waals surface area contributed by atoms with Crippen LogP contribution in [0.3, 0.4) is 0 Å². The molecule has 0 aromatic heterocycles. The van der Waals surface area contributed by atoms with Gasteiger partial charge in [-0.25, -0.2) is 0 Å². The molecule has 3 unspecified atom stereocenters. The number of nitrogens with zero attached hydrogens (tertiary/aromatic N) is 2. The number of ether oxygens (including phenoxy) is 1. The lowest BCUT2D eigenvalue weighted by Crippen LogP contribution is -2.45. The molecule has 0 heterocycles. The molecule has 1 aromatic carbocycles. The highest BCUT2D eigenvalue weighted by Crippen LogP contribution is 2.23. The zero-order chi connectivity index (χ0) is 19.6. The lowest BCUT2D eigenvalue weighted by Gasteiger charge is -2.29.